The molecule has 0 saturated carbocycles. The van der Waals surface area contributed by atoms with Crippen LogP contribution in [0.3, 0.4) is 0 Å². The van der Waals surface area contributed by atoms with Crippen LogP contribution in [0.25, 0.3) is 0 Å². The van der Waals surface area contributed by atoms with E-state index in [4.69, 9.17) is 23.2 Å². The van der Waals surface area contributed by atoms with Gasteiger partial charge >= 0.3 is 0 Å². The number of anilines is 1. The molecule has 1 heterocycles. The number of benzene rings is 1. The van der Waals surface area contributed by atoms with Crippen LogP contribution in [0.1, 0.15) is 13.8 Å². The summed E-state index contributed by atoms with van der Waals surface area (Å²) in [4.78, 5) is 2.34. The van der Waals surface area contributed by atoms with Gasteiger partial charge in [-0.15, -0.1) is 0 Å². The average molecular weight is 259 g/mol. The second kappa shape index (κ2) is 4.82. The molecule has 1 aliphatic heterocycles. The van der Waals surface area contributed by atoms with Crippen molar-refractivity contribution in [3.05, 3.63) is 28.2 Å². The molecule has 2 nitrogen and oxygen atoms in total. The molecule has 1 aromatic rings. The van der Waals surface area contributed by atoms with Crippen LogP contribution in [0.4, 0.5) is 5.69 Å². The lowest BCUT2D eigenvalue weighted by Crippen LogP contribution is -2.55. The first kappa shape index (κ1) is 12.0. The summed E-state index contributed by atoms with van der Waals surface area (Å²) < 4.78 is 0. The summed E-state index contributed by atoms with van der Waals surface area (Å²) in [5, 5.41) is 4.68. The van der Waals surface area contributed by atoms with E-state index in [2.05, 4.69) is 24.1 Å². The minimum absolute atomic E-state index is 0.430. The molecule has 0 amide bonds. The first-order valence-electron chi connectivity index (χ1n) is 5.54. The number of nitrogens with zero attached hydrogens (tertiary/aromatic N) is 1. The van der Waals surface area contributed by atoms with Crippen molar-refractivity contribution in [2.75, 3.05) is 18.0 Å². The molecule has 0 spiro atoms. The van der Waals surface area contributed by atoms with Gasteiger partial charge in [0.2, 0.25) is 0 Å². The predicted octanol–water partition coefficient (Wildman–Crippen LogP) is 3.18. The average Bonchev–Trinajstić information content (AvgIpc) is 2.24. The summed E-state index contributed by atoms with van der Waals surface area (Å²) in [5.41, 5.74) is 1.04. The largest absolute Gasteiger partial charge is 0.362 e. The van der Waals surface area contributed by atoms with E-state index in [1.165, 1.54) is 0 Å². The molecule has 1 N–H and O–H groups in total. The van der Waals surface area contributed by atoms with Crippen molar-refractivity contribution in [1.29, 1.82) is 0 Å². The molecule has 2 atom stereocenters. The molecule has 0 radical (unpaired) electrons. The van der Waals surface area contributed by atoms with Crippen LogP contribution in [-0.4, -0.2) is 25.2 Å². The fourth-order valence-electron chi connectivity index (χ4n) is 2.30. The Bertz CT molecular complexity index is 371. The van der Waals surface area contributed by atoms with Crippen molar-refractivity contribution in [2.24, 2.45) is 0 Å². The number of rotatable bonds is 1. The number of nitrogens with one attached hydrogen (secondary N) is 1. The number of hydrogen-bond donors (Lipinski definition) is 1. The molecule has 1 aliphatic rings. The minimum atomic E-state index is 0.430. The Morgan fingerprint density at radius 3 is 2.44 bits per heavy atom. The third-order valence-corrected chi connectivity index (χ3v) is 3.85. The van der Waals surface area contributed by atoms with Gasteiger partial charge in [-0.3, -0.25) is 0 Å². The van der Waals surface area contributed by atoms with Gasteiger partial charge in [0.25, 0.3) is 0 Å². The quantitative estimate of drug-likeness (QED) is 0.833. The zero-order valence-corrected chi connectivity index (χ0v) is 11.0. The van der Waals surface area contributed by atoms with Gasteiger partial charge in [-0.05, 0) is 26.0 Å². The molecule has 88 valence electrons. The highest BCUT2D eigenvalue weighted by Crippen LogP contribution is 2.34. The summed E-state index contributed by atoms with van der Waals surface area (Å²) in [7, 11) is 0. The third kappa shape index (κ3) is 2.15. The van der Waals surface area contributed by atoms with E-state index in [1.54, 1.807) is 0 Å². The van der Waals surface area contributed by atoms with Crippen molar-refractivity contribution >= 4 is 28.9 Å². The summed E-state index contributed by atoms with van der Waals surface area (Å²) in [5.74, 6) is 0. The van der Waals surface area contributed by atoms with Crippen molar-refractivity contribution in [1.82, 2.24) is 5.32 Å². The summed E-state index contributed by atoms with van der Waals surface area (Å²) in [6.07, 6.45) is 0. The van der Waals surface area contributed by atoms with E-state index in [-0.39, 0.29) is 0 Å². The molecule has 1 fully saturated rings. The smallest absolute Gasteiger partial charge is 0.0825 e. The summed E-state index contributed by atoms with van der Waals surface area (Å²) >= 11 is 12.3. The monoisotopic (exact) mass is 258 g/mol. The topological polar surface area (TPSA) is 15.3 Å². The van der Waals surface area contributed by atoms with Gasteiger partial charge < -0.3 is 10.2 Å². The van der Waals surface area contributed by atoms with E-state index in [0.717, 1.165) is 18.8 Å². The van der Waals surface area contributed by atoms with Crippen LogP contribution in [0.15, 0.2) is 18.2 Å². The molecule has 2 unspecified atom stereocenters. The van der Waals surface area contributed by atoms with Crippen LogP contribution in [0, 0.1) is 0 Å². The Hall–Kier alpha value is -0.440. The highest BCUT2D eigenvalue weighted by Gasteiger charge is 2.26. The van der Waals surface area contributed by atoms with Crippen LogP contribution < -0.4 is 10.2 Å². The Morgan fingerprint density at radius 2 is 1.81 bits per heavy atom. The lowest BCUT2D eigenvalue weighted by atomic mass is 10.1. The Labute approximate surface area is 107 Å². The van der Waals surface area contributed by atoms with E-state index in [0.29, 0.717) is 22.1 Å². The molecule has 2 rings (SSSR count). The number of piperazine rings is 1. The second-order valence-electron chi connectivity index (χ2n) is 4.34. The van der Waals surface area contributed by atoms with E-state index >= 15 is 0 Å². The van der Waals surface area contributed by atoms with Crippen LogP contribution in [0.2, 0.25) is 10.0 Å². The maximum absolute atomic E-state index is 6.26. The number of hydrogen-bond acceptors (Lipinski definition) is 2. The maximum atomic E-state index is 6.26. The van der Waals surface area contributed by atoms with E-state index < -0.39 is 0 Å². The van der Waals surface area contributed by atoms with Gasteiger partial charge in [-0.2, -0.15) is 0 Å². The fraction of sp³-hybridized carbons (Fsp3) is 0.500. The Kier molecular flexibility index (Phi) is 3.63. The Balaban J connectivity index is 2.38. The molecule has 16 heavy (non-hydrogen) atoms. The van der Waals surface area contributed by atoms with Gasteiger partial charge in [0.05, 0.1) is 15.7 Å². The van der Waals surface area contributed by atoms with Crippen molar-refractivity contribution in [2.45, 2.75) is 25.9 Å². The normalized spacial score (nSPS) is 25.9. The zero-order valence-electron chi connectivity index (χ0n) is 9.50. The molecule has 4 heteroatoms. The molecular weight excluding hydrogens is 243 g/mol. The van der Waals surface area contributed by atoms with Gasteiger partial charge in [-0.25, -0.2) is 0 Å². The van der Waals surface area contributed by atoms with Crippen molar-refractivity contribution in [3.8, 4) is 0 Å². The minimum Gasteiger partial charge on any atom is -0.362 e. The van der Waals surface area contributed by atoms with Gasteiger partial charge in [0, 0.05) is 25.2 Å². The number of halogens is 2. The SMILES string of the molecule is CC1CNCC(C)N1c1cccc(Cl)c1Cl. The third-order valence-electron chi connectivity index (χ3n) is 3.04. The second-order valence-corrected chi connectivity index (χ2v) is 5.12. The lowest BCUT2D eigenvalue weighted by Gasteiger charge is -2.41. The maximum Gasteiger partial charge on any atom is 0.0825 e. The molecule has 1 saturated heterocycles. The molecule has 0 bridgehead atoms. The summed E-state index contributed by atoms with van der Waals surface area (Å²) in [6.45, 7) is 6.35. The van der Waals surface area contributed by atoms with Crippen LogP contribution in [-0.2, 0) is 0 Å². The van der Waals surface area contributed by atoms with Crippen LogP contribution in [0.5, 0.6) is 0 Å². The standard InChI is InChI=1S/C12H16Cl2N2/c1-8-6-15-7-9(2)16(8)11-5-3-4-10(13)12(11)14/h3-5,8-9,15H,6-7H2,1-2H3. The van der Waals surface area contributed by atoms with Crippen molar-refractivity contribution in [3.63, 3.8) is 0 Å². The van der Waals surface area contributed by atoms with E-state index in [9.17, 15) is 0 Å². The lowest BCUT2D eigenvalue weighted by molar-refractivity contribution is 0.432. The highest BCUT2D eigenvalue weighted by atomic mass is 35.5. The summed E-state index contributed by atoms with van der Waals surface area (Å²) in [6, 6.07) is 6.67. The zero-order chi connectivity index (χ0) is 11.7. The van der Waals surface area contributed by atoms with Gasteiger partial charge in [-0.1, -0.05) is 29.3 Å². The highest BCUT2D eigenvalue weighted by molar-refractivity contribution is 6.43. The molecule has 0 aliphatic carbocycles. The van der Waals surface area contributed by atoms with E-state index in [1.807, 2.05) is 18.2 Å². The first-order valence-corrected chi connectivity index (χ1v) is 6.30. The van der Waals surface area contributed by atoms with Gasteiger partial charge in [0.1, 0.15) is 0 Å². The fourth-order valence-corrected chi connectivity index (χ4v) is 2.69. The molecular formula is C12H16Cl2N2. The van der Waals surface area contributed by atoms with Crippen LogP contribution >= 0.6 is 23.2 Å². The van der Waals surface area contributed by atoms with Crippen molar-refractivity contribution < 1.29 is 0 Å². The molecule has 0 aromatic heterocycles. The first-order chi connectivity index (χ1) is 7.61. The predicted molar refractivity (Wildman–Crippen MR) is 70.7 cm³/mol. The Morgan fingerprint density at radius 1 is 1.19 bits per heavy atom. The van der Waals surface area contributed by atoms with Gasteiger partial charge in [0.15, 0.2) is 0 Å². The molecule has 1 aromatic carbocycles.